The molecule has 0 aromatic heterocycles. The van der Waals surface area contributed by atoms with Gasteiger partial charge in [-0.3, -0.25) is 9.59 Å². The second kappa shape index (κ2) is 9.67. The molecular weight excluding hydrogens is 376 g/mol. The van der Waals surface area contributed by atoms with Gasteiger partial charge in [-0.2, -0.15) is 0 Å². The Bertz CT molecular complexity index is 767. The van der Waals surface area contributed by atoms with Crippen molar-refractivity contribution in [1.82, 2.24) is 4.72 Å². The van der Waals surface area contributed by atoms with Crippen LogP contribution in [0.4, 0.5) is 5.69 Å². The van der Waals surface area contributed by atoms with Gasteiger partial charge in [-0.1, -0.05) is 25.7 Å². The van der Waals surface area contributed by atoms with Crippen molar-refractivity contribution in [2.24, 2.45) is 0 Å². The largest absolute Gasteiger partial charge is 0.483 e. The van der Waals surface area contributed by atoms with Gasteiger partial charge in [0.15, 0.2) is 6.61 Å². The molecule has 2 aliphatic rings. The highest BCUT2D eigenvalue weighted by molar-refractivity contribution is 7.89. The van der Waals surface area contributed by atoms with Crippen LogP contribution >= 0.6 is 0 Å². The van der Waals surface area contributed by atoms with Crippen LogP contribution in [-0.2, 0) is 19.6 Å². The summed E-state index contributed by atoms with van der Waals surface area (Å²) in [6.45, 7) is -0.328. The van der Waals surface area contributed by atoms with E-state index >= 15 is 0 Å². The van der Waals surface area contributed by atoms with E-state index in [1.54, 1.807) is 0 Å². The third kappa shape index (κ3) is 5.91. The number of carbonyl (C=O) groups is 2. The topological polar surface area (TPSA) is 142 Å². The first-order chi connectivity index (χ1) is 12.9. The normalized spacial score (nSPS) is 22.6. The van der Waals surface area contributed by atoms with Gasteiger partial charge >= 0.3 is 0 Å². The van der Waals surface area contributed by atoms with Crippen molar-refractivity contribution < 1.29 is 33.0 Å². The van der Waals surface area contributed by atoms with E-state index in [2.05, 4.69) is 10.0 Å². The Labute approximate surface area is 157 Å². The zero-order chi connectivity index (χ0) is 19.9. The molecule has 1 amide bonds. The Balaban J connectivity index is 0.000000817. The van der Waals surface area contributed by atoms with Crippen LogP contribution in [0.5, 0.6) is 5.75 Å². The number of carboxylic acid groups (broad SMARTS) is 1. The molecule has 2 atom stereocenters. The number of carbonyl (C=O) groups excluding carboxylic acids is 1. The molecule has 0 radical (unpaired) electrons. The minimum absolute atomic E-state index is 0.0429. The molecule has 0 saturated heterocycles. The predicted octanol–water partition coefficient (Wildman–Crippen LogP) is 1.08. The molecule has 1 aromatic carbocycles. The molecule has 0 bridgehead atoms. The van der Waals surface area contributed by atoms with E-state index in [4.69, 9.17) is 14.6 Å². The maximum Gasteiger partial charge on any atom is 0.290 e. The lowest BCUT2D eigenvalue weighted by Crippen LogP contribution is -2.43. The maximum atomic E-state index is 12.6. The third-order valence-corrected chi connectivity index (χ3v) is 5.92. The molecule has 4 N–H and O–H groups in total. The van der Waals surface area contributed by atoms with Crippen LogP contribution in [0.15, 0.2) is 23.1 Å². The highest BCUT2D eigenvalue weighted by Crippen LogP contribution is 2.30. The summed E-state index contributed by atoms with van der Waals surface area (Å²) in [5, 5.41) is 19.7. The molecule has 0 spiro atoms. The number of anilines is 1. The van der Waals surface area contributed by atoms with Crippen molar-refractivity contribution in [3.63, 3.8) is 0 Å². The van der Waals surface area contributed by atoms with Gasteiger partial charge in [0, 0.05) is 6.04 Å². The van der Waals surface area contributed by atoms with Crippen molar-refractivity contribution in [2.75, 3.05) is 11.9 Å². The van der Waals surface area contributed by atoms with Gasteiger partial charge in [-0.15, -0.1) is 0 Å². The number of aliphatic hydroxyl groups excluding tert-OH is 1. The lowest BCUT2D eigenvalue weighted by atomic mass is 9.95. The first-order valence-corrected chi connectivity index (χ1v) is 10.2. The molecular formula is C17H24N2O7S. The highest BCUT2D eigenvalue weighted by atomic mass is 32.2. The fraction of sp³-hybridized carbons (Fsp3) is 0.529. The molecule has 1 aliphatic heterocycles. The first-order valence-electron chi connectivity index (χ1n) is 8.72. The van der Waals surface area contributed by atoms with Crippen LogP contribution in [-0.4, -0.2) is 49.8 Å². The smallest absolute Gasteiger partial charge is 0.290 e. The average Bonchev–Trinajstić information content (AvgIpc) is 2.61. The standard InChI is InChI=1S/C16H22N2O5S.CH2O2/c19-14-6-4-2-1-3-5-12(14)18-24(21,22)11-7-8-15-13(9-11)17-16(20)10-23-15;2-1-3/h7-9,12,14,18-19H,1-6,10H2,(H,17,20);1H,(H,2,3)/t12-,14-;/m0./s1. The van der Waals surface area contributed by atoms with E-state index in [1.807, 2.05) is 0 Å². The second-order valence-corrected chi connectivity index (χ2v) is 8.10. The minimum atomic E-state index is -3.79. The average molecular weight is 400 g/mol. The molecule has 27 heavy (non-hydrogen) atoms. The SMILES string of the molecule is O=C1COc2ccc(S(=O)(=O)N[C@H]3CCCCCC[C@@H]3O)cc2N1.O=CO. The summed E-state index contributed by atoms with van der Waals surface area (Å²) >= 11 is 0. The van der Waals surface area contributed by atoms with Gasteiger partial charge < -0.3 is 20.3 Å². The van der Waals surface area contributed by atoms with E-state index in [-0.39, 0.29) is 23.9 Å². The molecule has 150 valence electrons. The molecule has 1 aromatic rings. The van der Waals surface area contributed by atoms with Gasteiger partial charge in [0.05, 0.1) is 16.7 Å². The number of amides is 1. The van der Waals surface area contributed by atoms with Gasteiger partial charge in [-0.05, 0) is 31.0 Å². The van der Waals surface area contributed by atoms with Gasteiger partial charge in [0.1, 0.15) is 5.75 Å². The molecule has 1 fully saturated rings. The number of ether oxygens (including phenoxy) is 1. The number of fused-ring (bicyclic) bond motifs is 1. The Kier molecular flexibility index (Phi) is 7.57. The summed E-state index contributed by atoms with van der Waals surface area (Å²) < 4.78 is 33.1. The fourth-order valence-corrected chi connectivity index (χ4v) is 4.43. The van der Waals surface area contributed by atoms with Crippen molar-refractivity contribution in [1.29, 1.82) is 0 Å². The molecule has 9 nitrogen and oxygen atoms in total. The second-order valence-electron chi connectivity index (χ2n) is 6.39. The predicted molar refractivity (Wildman–Crippen MR) is 97.1 cm³/mol. The van der Waals surface area contributed by atoms with Crippen LogP contribution in [0.1, 0.15) is 38.5 Å². The van der Waals surface area contributed by atoms with Crippen molar-refractivity contribution in [2.45, 2.75) is 55.6 Å². The Morgan fingerprint density at radius 1 is 1.19 bits per heavy atom. The number of aliphatic hydroxyl groups is 1. The monoisotopic (exact) mass is 400 g/mol. The molecule has 10 heteroatoms. The van der Waals surface area contributed by atoms with Crippen molar-refractivity contribution >= 4 is 28.1 Å². The molecule has 0 unspecified atom stereocenters. The summed E-state index contributed by atoms with van der Waals surface area (Å²) in [7, 11) is -3.79. The van der Waals surface area contributed by atoms with E-state index < -0.39 is 22.2 Å². The minimum Gasteiger partial charge on any atom is -0.483 e. The number of hydrogen-bond acceptors (Lipinski definition) is 6. The summed E-state index contributed by atoms with van der Waals surface area (Å²) in [5.74, 6) is 0.125. The van der Waals surface area contributed by atoms with E-state index in [1.165, 1.54) is 18.2 Å². The van der Waals surface area contributed by atoms with Crippen LogP contribution in [0.3, 0.4) is 0 Å². The van der Waals surface area contributed by atoms with Crippen LogP contribution in [0.25, 0.3) is 0 Å². The lowest BCUT2D eigenvalue weighted by Gasteiger charge is -2.26. The molecule has 1 heterocycles. The molecule has 1 saturated carbocycles. The highest BCUT2D eigenvalue weighted by Gasteiger charge is 2.27. The van der Waals surface area contributed by atoms with E-state index in [0.29, 0.717) is 24.3 Å². The van der Waals surface area contributed by atoms with Crippen LogP contribution < -0.4 is 14.8 Å². The van der Waals surface area contributed by atoms with Crippen LogP contribution in [0.2, 0.25) is 0 Å². The molecule has 1 aliphatic carbocycles. The third-order valence-electron chi connectivity index (χ3n) is 4.43. The quantitative estimate of drug-likeness (QED) is 0.556. The number of rotatable bonds is 3. The fourth-order valence-electron chi connectivity index (χ4n) is 3.10. The Morgan fingerprint density at radius 3 is 2.56 bits per heavy atom. The maximum absolute atomic E-state index is 12.6. The Morgan fingerprint density at radius 2 is 1.85 bits per heavy atom. The van der Waals surface area contributed by atoms with Crippen LogP contribution in [0, 0.1) is 0 Å². The number of benzene rings is 1. The lowest BCUT2D eigenvalue weighted by molar-refractivity contribution is -0.123. The summed E-state index contributed by atoms with van der Waals surface area (Å²) in [6, 6.07) is 3.85. The zero-order valence-corrected chi connectivity index (χ0v) is 15.6. The van der Waals surface area contributed by atoms with Gasteiger partial charge in [0.2, 0.25) is 10.0 Å². The first kappa shape index (κ1) is 21.1. The summed E-state index contributed by atoms with van der Waals surface area (Å²) in [4.78, 5) is 19.8. The summed E-state index contributed by atoms with van der Waals surface area (Å²) in [6.07, 6.45) is 4.45. The number of sulfonamides is 1. The van der Waals surface area contributed by atoms with E-state index in [0.717, 1.165) is 25.7 Å². The number of hydrogen-bond donors (Lipinski definition) is 4. The van der Waals surface area contributed by atoms with E-state index in [9.17, 15) is 18.3 Å². The molecule has 3 rings (SSSR count). The summed E-state index contributed by atoms with van der Waals surface area (Å²) in [5.41, 5.74) is 0.340. The van der Waals surface area contributed by atoms with Gasteiger partial charge in [-0.25, -0.2) is 13.1 Å². The van der Waals surface area contributed by atoms with Crippen molar-refractivity contribution in [3.05, 3.63) is 18.2 Å². The number of nitrogens with one attached hydrogen (secondary N) is 2. The zero-order valence-electron chi connectivity index (χ0n) is 14.8. The van der Waals surface area contributed by atoms with Gasteiger partial charge in [0.25, 0.3) is 12.4 Å². The Hall–Kier alpha value is -2.17. The van der Waals surface area contributed by atoms with Crippen molar-refractivity contribution in [3.8, 4) is 5.75 Å².